The highest BCUT2D eigenvalue weighted by molar-refractivity contribution is 5.98. The molecule has 1 atom stereocenters. The average molecular weight is 320 g/mol. The molecule has 1 aromatic carbocycles. The van der Waals surface area contributed by atoms with Gasteiger partial charge in [0.25, 0.3) is 0 Å². The Morgan fingerprint density at radius 1 is 1.26 bits per heavy atom. The van der Waals surface area contributed by atoms with Crippen molar-refractivity contribution in [3.63, 3.8) is 0 Å². The highest BCUT2D eigenvalue weighted by atomic mass is 16.5. The van der Waals surface area contributed by atoms with Crippen molar-refractivity contribution in [2.45, 2.75) is 19.9 Å². The molecular formula is C17H24N2O4. The zero-order chi connectivity index (χ0) is 16.8. The minimum atomic E-state index is -0.162. The average Bonchev–Trinajstić information content (AvgIpc) is 2.54. The van der Waals surface area contributed by atoms with Crippen LogP contribution in [0.25, 0.3) is 0 Å². The Kier molecular flexibility index (Phi) is 6.12. The first-order chi connectivity index (χ1) is 11.0. The van der Waals surface area contributed by atoms with E-state index in [0.717, 1.165) is 11.3 Å². The van der Waals surface area contributed by atoms with Gasteiger partial charge in [-0.1, -0.05) is 17.7 Å². The number of methoxy groups -OCH3 is 1. The second kappa shape index (κ2) is 8.08. The molecule has 0 spiro atoms. The van der Waals surface area contributed by atoms with Gasteiger partial charge in [0, 0.05) is 25.4 Å². The highest BCUT2D eigenvalue weighted by Crippen LogP contribution is 2.20. The number of nitrogens with zero attached hydrogens (tertiary/aromatic N) is 2. The topological polar surface area (TPSA) is 59.1 Å². The molecule has 126 valence electrons. The summed E-state index contributed by atoms with van der Waals surface area (Å²) in [7, 11) is 1.58. The number of piperazine rings is 1. The summed E-state index contributed by atoms with van der Waals surface area (Å²) >= 11 is 0. The van der Waals surface area contributed by atoms with Crippen LogP contribution in [0.2, 0.25) is 0 Å². The van der Waals surface area contributed by atoms with E-state index in [4.69, 9.17) is 9.47 Å². The van der Waals surface area contributed by atoms with Gasteiger partial charge in [-0.25, -0.2) is 0 Å². The van der Waals surface area contributed by atoms with Crippen molar-refractivity contribution in [2.24, 2.45) is 0 Å². The summed E-state index contributed by atoms with van der Waals surface area (Å²) < 4.78 is 10.1. The number of ether oxygens (including phenoxy) is 2. The summed E-state index contributed by atoms with van der Waals surface area (Å²) in [6, 6.07) is 7.78. The van der Waals surface area contributed by atoms with Gasteiger partial charge < -0.3 is 19.3 Å². The molecule has 6 heteroatoms. The Morgan fingerprint density at radius 2 is 1.96 bits per heavy atom. The van der Waals surface area contributed by atoms with Crippen LogP contribution in [0.4, 0.5) is 5.69 Å². The number of hydrogen-bond donors (Lipinski definition) is 0. The Hall–Kier alpha value is -1.92. The first-order valence-corrected chi connectivity index (χ1v) is 7.76. The van der Waals surface area contributed by atoms with Crippen molar-refractivity contribution in [1.82, 2.24) is 4.90 Å². The van der Waals surface area contributed by atoms with Gasteiger partial charge in [-0.15, -0.1) is 0 Å². The normalized spacial score (nSPS) is 18.4. The van der Waals surface area contributed by atoms with Gasteiger partial charge in [0.1, 0.15) is 13.2 Å². The number of aryl methyl sites for hydroxylation is 1. The fraction of sp³-hybridized carbons (Fsp3) is 0.529. The van der Waals surface area contributed by atoms with Crippen LogP contribution in [0.15, 0.2) is 24.3 Å². The van der Waals surface area contributed by atoms with Crippen molar-refractivity contribution < 1.29 is 19.1 Å². The smallest absolute Gasteiger partial charge is 0.249 e. The molecule has 1 fully saturated rings. The predicted octanol–water partition coefficient (Wildman–Crippen LogP) is 1.22. The quantitative estimate of drug-likeness (QED) is 0.740. The summed E-state index contributed by atoms with van der Waals surface area (Å²) in [4.78, 5) is 27.9. The van der Waals surface area contributed by atoms with Crippen molar-refractivity contribution in [1.29, 1.82) is 0 Å². The van der Waals surface area contributed by atoms with E-state index in [1.165, 1.54) is 0 Å². The second-order valence-electron chi connectivity index (χ2n) is 5.76. The van der Waals surface area contributed by atoms with Gasteiger partial charge in [0.15, 0.2) is 0 Å². The number of carbonyl (C=O) groups is 2. The van der Waals surface area contributed by atoms with Gasteiger partial charge in [0.2, 0.25) is 11.8 Å². The summed E-state index contributed by atoms with van der Waals surface area (Å²) in [5, 5.41) is 0. The van der Waals surface area contributed by atoms with Crippen LogP contribution in [-0.2, 0) is 19.1 Å². The van der Waals surface area contributed by atoms with E-state index in [0.29, 0.717) is 19.8 Å². The molecule has 1 aromatic rings. The highest BCUT2D eigenvalue weighted by Gasteiger charge is 2.33. The van der Waals surface area contributed by atoms with Crippen LogP contribution in [0.5, 0.6) is 0 Å². The zero-order valence-electron chi connectivity index (χ0n) is 13.9. The van der Waals surface area contributed by atoms with E-state index < -0.39 is 0 Å². The van der Waals surface area contributed by atoms with Crippen LogP contribution in [-0.4, -0.2) is 62.8 Å². The minimum absolute atomic E-state index is 0.0223. The molecule has 6 nitrogen and oxygen atoms in total. The lowest BCUT2D eigenvalue weighted by Crippen LogP contribution is -2.57. The number of carbonyl (C=O) groups excluding carboxylic acids is 2. The Morgan fingerprint density at radius 3 is 2.61 bits per heavy atom. The third-order valence-electron chi connectivity index (χ3n) is 3.91. The molecule has 1 heterocycles. The molecule has 0 unspecified atom stereocenters. The SMILES string of the molecule is COCCOCC(=O)N1CC(=O)N(c2ccc(C)cc2)C[C@H]1C. The molecule has 0 radical (unpaired) electrons. The maximum absolute atomic E-state index is 12.4. The largest absolute Gasteiger partial charge is 0.382 e. The Labute approximate surface area is 137 Å². The van der Waals surface area contributed by atoms with Gasteiger partial charge >= 0.3 is 0 Å². The van der Waals surface area contributed by atoms with Crippen LogP contribution < -0.4 is 4.90 Å². The predicted molar refractivity (Wildman–Crippen MR) is 87.4 cm³/mol. The third-order valence-corrected chi connectivity index (χ3v) is 3.91. The second-order valence-corrected chi connectivity index (χ2v) is 5.76. The molecule has 1 saturated heterocycles. The summed E-state index contributed by atoms with van der Waals surface area (Å²) in [6.45, 7) is 5.32. The van der Waals surface area contributed by atoms with Crippen LogP contribution >= 0.6 is 0 Å². The molecule has 1 aliphatic heterocycles. The molecule has 1 aliphatic rings. The fourth-order valence-electron chi connectivity index (χ4n) is 2.54. The molecule has 0 aromatic heterocycles. The number of rotatable bonds is 6. The van der Waals surface area contributed by atoms with E-state index in [-0.39, 0.29) is 31.0 Å². The maximum atomic E-state index is 12.4. The van der Waals surface area contributed by atoms with Gasteiger partial charge in [-0.3, -0.25) is 9.59 Å². The maximum Gasteiger partial charge on any atom is 0.249 e. The van der Waals surface area contributed by atoms with E-state index in [1.54, 1.807) is 16.9 Å². The first kappa shape index (κ1) is 17.4. The van der Waals surface area contributed by atoms with Crippen molar-refractivity contribution in [3.05, 3.63) is 29.8 Å². The zero-order valence-corrected chi connectivity index (χ0v) is 13.9. The number of anilines is 1. The molecule has 2 rings (SSSR count). The van der Waals surface area contributed by atoms with E-state index >= 15 is 0 Å². The van der Waals surface area contributed by atoms with Gasteiger partial charge in [0.05, 0.1) is 13.2 Å². The Balaban J connectivity index is 1.95. The number of hydrogen-bond acceptors (Lipinski definition) is 4. The number of amides is 2. The summed E-state index contributed by atoms with van der Waals surface area (Å²) in [6.07, 6.45) is 0. The summed E-state index contributed by atoms with van der Waals surface area (Å²) in [5.74, 6) is -0.234. The first-order valence-electron chi connectivity index (χ1n) is 7.76. The van der Waals surface area contributed by atoms with Crippen molar-refractivity contribution >= 4 is 17.5 Å². The minimum Gasteiger partial charge on any atom is -0.382 e. The van der Waals surface area contributed by atoms with Crippen LogP contribution in [0.1, 0.15) is 12.5 Å². The molecule has 0 N–H and O–H groups in total. The fourth-order valence-corrected chi connectivity index (χ4v) is 2.54. The third kappa shape index (κ3) is 4.53. The standard InChI is InChI=1S/C17H24N2O4/c1-13-4-6-15(7-5-13)19-10-14(2)18(11-16(19)20)17(21)12-23-9-8-22-3/h4-7,14H,8-12H2,1-3H3/t14-/m1/s1. The van der Waals surface area contributed by atoms with E-state index in [2.05, 4.69) is 0 Å². The molecule has 0 aliphatic carbocycles. The van der Waals surface area contributed by atoms with Gasteiger partial charge in [-0.2, -0.15) is 0 Å². The van der Waals surface area contributed by atoms with E-state index in [1.807, 2.05) is 38.1 Å². The molecule has 0 bridgehead atoms. The molecule has 0 saturated carbocycles. The Bertz CT molecular complexity index is 544. The van der Waals surface area contributed by atoms with Crippen LogP contribution in [0, 0.1) is 6.92 Å². The molecule has 2 amide bonds. The molecular weight excluding hydrogens is 296 g/mol. The van der Waals surface area contributed by atoms with Gasteiger partial charge in [-0.05, 0) is 26.0 Å². The lowest BCUT2D eigenvalue weighted by molar-refractivity contribution is -0.143. The van der Waals surface area contributed by atoms with Crippen molar-refractivity contribution in [3.8, 4) is 0 Å². The molecule has 23 heavy (non-hydrogen) atoms. The van der Waals surface area contributed by atoms with Crippen LogP contribution in [0.3, 0.4) is 0 Å². The lowest BCUT2D eigenvalue weighted by Gasteiger charge is -2.39. The monoisotopic (exact) mass is 320 g/mol. The van der Waals surface area contributed by atoms with E-state index in [9.17, 15) is 9.59 Å². The number of benzene rings is 1. The lowest BCUT2D eigenvalue weighted by atomic mass is 10.1. The summed E-state index contributed by atoms with van der Waals surface area (Å²) in [5.41, 5.74) is 2.02. The van der Waals surface area contributed by atoms with Crippen molar-refractivity contribution in [2.75, 3.05) is 44.9 Å².